The van der Waals surface area contributed by atoms with Crippen LogP contribution in [0.4, 0.5) is 0 Å². The van der Waals surface area contributed by atoms with E-state index in [0.29, 0.717) is 23.7 Å². The zero-order valence-electron chi connectivity index (χ0n) is 11.6. The van der Waals surface area contributed by atoms with Crippen molar-refractivity contribution in [2.24, 2.45) is 0 Å². The number of amides is 2. The van der Waals surface area contributed by atoms with Gasteiger partial charge in [-0.15, -0.1) is 0 Å². The molecular formula is C16H20N2O2. The summed E-state index contributed by atoms with van der Waals surface area (Å²) >= 11 is 0. The van der Waals surface area contributed by atoms with Crippen LogP contribution in [0.5, 0.6) is 0 Å². The minimum atomic E-state index is -0.147. The fraction of sp³-hybridized carbons (Fsp3) is 0.500. The van der Waals surface area contributed by atoms with Crippen LogP contribution in [0.2, 0.25) is 0 Å². The third kappa shape index (κ3) is 2.48. The second kappa shape index (κ2) is 5.75. The molecule has 1 aromatic rings. The zero-order chi connectivity index (χ0) is 13.9. The van der Waals surface area contributed by atoms with E-state index in [4.69, 9.17) is 0 Å². The Morgan fingerprint density at radius 3 is 2.25 bits per heavy atom. The molecule has 2 aliphatic rings. The molecule has 3 rings (SSSR count). The molecular weight excluding hydrogens is 252 g/mol. The zero-order valence-corrected chi connectivity index (χ0v) is 11.6. The number of hydrogen-bond acceptors (Lipinski definition) is 3. The van der Waals surface area contributed by atoms with Crippen molar-refractivity contribution in [3.05, 3.63) is 35.4 Å². The van der Waals surface area contributed by atoms with Gasteiger partial charge in [-0.2, -0.15) is 0 Å². The van der Waals surface area contributed by atoms with E-state index < -0.39 is 0 Å². The number of nitrogens with one attached hydrogen (secondary N) is 1. The fourth-order valence-corrected chi connectivity index (χ4v) is 3.12. The normalized spacial score (nSPS) is 18.9. The molecule has 1 N–H and O–H groups in total. The molecule has 1 aliphatic heterocycles. The van der Waals surface area contributed by atoms with Gasteiger partial charge in [-0.05, 0) is 37.9 Å². The predicted octanol–water partition coefficient (Wildman–Crippen LogP) is 2.20. The lowest BCUT2D eigenvalue weighted by atomic mass is 10.1. The molecule has 1 heterocycles. The van der Waals surface area contributed by atoms with E-state index in [2.05, 4.69) is 5.32 Å². The SMILES string of the molecule is O=C1c2ccccc2C(=O)N1CCCNC1CCCC1. The van der Waals surface area contributed by atoms with E-state index in [1.54, 1.807) is 24.3 Å². The van der Waals surface area contributed by atoms with E-state index >= 15 is 0 Å². The number of fused-ring (bicyclic) bond motifs is 1. The summed E-state index contributed by atoms with van der Waals surface area (Å²) in [5, 5.41) is 3.51. The molecule has 2 amide bonds. The van der Waals surface area contributed by atoms with Gasteiger partial charge in [0.25, 0.3) is 11.8 Å². The number of imide groups is 1. The molecule has 0 spiro atoms. The maximum atomic E-state index is 12.1. The van der Waals surface area contributed by atoms with Crippen molar-refractivity contribution in [3.8, 4) is 0 Å². The molecule has 1 fully saturated rings. The third-order valence-electron chi connectivity index (χ3n) is 4.22. The van der Waals surface area contributed by atoms with E-state index in [0.717, 1.165) is 13.0 Å². The first-order chi connectivity index (χ1) is 9.77. The van der Waals surface area contributed by atoms with Crippen molar-refractivity contribution in [2.45, 2.75) is 38.1 Å². The molecule has 0 radical (unpaired) electrons. The van der Waals surface area contributed by atoms with Crippen LogP contribution in [0, 0.1) is 0 Å². The lowest BCUT2D eigenvalue weighted by molar-refractivity contribution is 0.0652. The first-order valence-electron chi connectivity index (χ1n) is 7.46. The first-order valence-corrected chi connectivity index (χ1v) is 7.46. The van der Waals surface area contributed by atoms with Gasteiger partial charge in [0.1, 0.15) is 0 Å². The lowest BCUT2D eigenvalue weighted by Crippen LogP contribution is -2.34. The minimum Gasteiger partial charge on any atom is -0.314 e. The summed E-state index contributed by atoms with van der Waals surface area (Å²) in [6.45, 7) is 1.38. The standard InChI is InChI=1S/C16H20N2O2/c19-15-13-8-3-4-9-14(13)16(20)18(15)11-5-10-17-12-6-1-2-7-12/h3-4,8-9,12,17H,1-2,5-7,10-11H2. The van der Waals surface area contributed by atoms with E-state index in [9.17, 15) is 9.59 Å². The Bertz CT molecular complexity index is 486. The summed E-state index contributed by atoms with van der Waals surface area (Å²) in [6.07, 6.45) is 5.97. The molecule has 1 aromatic carbocycles. The maximum absolute atomic E-state index is 12.1. The van der Waals surface area contributed by atoms with Gasteiger partial charge in [-0.3, -0.25) is 14.5 Å². The second-order valence-corrected chi connectivity index (χ2v) is 5.60. The highest BCUT2D eigenvalue weighted by molar-refractivity contribution is 6.21. The van der Waals surface area contributed by atoms with Crippen LogP contribution in [-0.2, 0) is 0 Å². The minimum absolute atomic E-state index is 0.147. The Kier molecular flexibility index (Phi) is 3.83. The largest absolute Gasteiger partial charge is 0.314 e. The highest BCUT2D eigenvalue weighted by Gasteiger charge is 2.34. The number of nitrogens with zero attached hydrogens (tertiary/aromatic N) is 1. The Hall–Kier alpha value is -1.68. The van der Waals surface area contributed by atoms with Gasteiger partial charge in [-0.1, -0.05) is 25.0 Å². The van der Waals surface area contributed by atoms with Crippen LogP contribution in [0.3, 0.4) is 0 Å². The molecule has 4 nitrogen and oxygen atoms in total. The second-order valence-electron chi connectivity index (χ2n) is 5.60. The van der Waals surface area contributed by atoms with Gasteiger partial charge in [0, 0.05) is 12.6 Å². The van der Waals surface area contributed by atoms with Gasteiger partial charge in [0.2, 0.25) is 0 Å². The summed E-state index contributed by atoms with van der Waals surface area (Å²) in [7, 11) is 0. The van der Waals surface area contributed by atoms with E-state index in [1.165, 1.54) is 30.6 Å². The maximum Gasteiger partial charge on any atom is 0.261 e. The number of rotatable bonds is 5. The van der Waals surface area contributed by atoms with E-state index in [-0.39, 0.29) is 11.8 Å². The van der Waals surface area contributed by atoms with Crippen LogP contribution >= 0.6 is 0 Å². The summed E-state index contributed by atoms with van der Waals surface area (Å²) in [6, 6.07) is 7.69. The van der Waals surface area contributed by atoms with Gasteiger partial charge in [-0.25, -0.2) is 0 Å². The van der Waals surface area contributed by atoms with Gasteiger partial charge >= 0.3 is 0 Å². The fourth-order valence-electron chi connectivity index (χ4n) is 3.12. The summed E-state index contributed by atoms with van der Waals surface area (Å²) < 4.78 is 0. The molecule has 4 heteroatoms. The smallest absolute Gasteiger partial charge is 0.261 e. The Morgan fingerprint density at radius 2 is 1.65 bits per heavy atom. The average molecular weight is 272 g/mol. The molecule has 0 unspecified atom stereocenters. The molecule has 0 aromatic heterocycles. The van der Waals surface area contributed by atoms with Crippen molar-refractivity contribution < 1.29 is 9.59 Å². The monoisotopic (exact) mass is 272 g/mol. The number of benzene rings is 1. The highest BCUT2D eigenvalue weighted by atomic mass is 16.2. The molecule has 1 saturated carbocycles. The van der Waals surface area contributed by atoms with Crippen molar-refractivity contribution in [1.29, 1.82) is 0 Å². The Balaban J connectivity index is 1.51. The third-order valence-corrected chi connectivity index (χ3v) is 4.22. The topological polar surface area (TPSA) is 49.4 Å². The Labute approximate surface area is 119 Å². The van der Waals surface area contributed by atoms with E-state index in [1.807, 2.05) is 0 Å². The van der Waals surface area contributed by atoms with Crippen molar-refractivity contribution in [1.82, 2.24) is 10.2 Å². The lowest BCUT2D eigenvalue weighted by Gasteiger charge is -2.15. The summed E-state index contributed by atoms with van der Waals surface area (Å²) in [4.78, 5) is 25.7. The van der Waals surface area contributed by atoms with Crippen molar-refractivity contribution in [2.75, 3.05) is 13.1 Å². The van der Waals surface area contributed by atoms with Crippen LogP contribution in [-0.4, -0.2) is 35.8 Å². The van der Waals surface area contributed by atoms with Crippen LogP contribution < -0.4 is 5.32 Å². The van der Waals surface area contributed by atoms with Gasteiger partial charge < -0.3 is 5.32 Å². The Morgan fingerprint density at radius 1 is 1.05 bits per heavy atom. The summed E-state index contributed by atoms with van der Waals surface area (Å²) in [5.74, 6) is -0.294. The summed E-state index contributed by atoms with van der Waals surface area (Å²) in [5.41, 5.74) is 1.09. The van der Waals surface area contributed by atoms with Gasteiger partial charge in [0.15, 0.2) is 0 Å². The van der Waals surface area contributed by atoms with Crippen LogP contribution in [0.15, 0.2) is 24.3 Å². The molecule has 0 saturated heterocycles. The quantitative estimate of drug-likeness (QED) is 0.660. The number of carbonyl (C=O) groups is 2. The molecule has 20 heavy (non-hydrogen) atoms. The highest BCUT2D eigenvalue weighted by Crippen LogP contribution is 2.22. The number of carbonyl (C=O) groups excluding carboxylic acids is 2. The van der Waals surface area contributed by atoms with Gasteiger partial charge in [0.05, 0.1) is 11.1 Å². The van der Waals surface area contributed by atoms with Crippen molar-refractivity contribution in [3.63, 3.8) is 0 Å². The first kappa shape index (κ1) is 13.3. The molecule has 0 atom stereocenters. The van der Waals surface area contributed by atoms with Crippen LogP contribution in [0.1, 0.15) is 52.8 Å². The number of hydrogen-bond donors (Lipinski definition) is 1. The molecule has 106 valence electrons. The van der Waals surface area contributed by atoms with Crippen molar-refractivity contribution >= 4 is 11.8 Å². The average Bonchev–Trinajstić information content (AvgIpc) is 3.06. The molecule has 1 aliphatic carbocycles. The predicted molar refractivity (Wildman–Crippen MR) is 76.7 cm³/mol. The van der Waals surface area contributed by atoms with Crippen LogP contribution in [0.25, 0.3) is 0 Å². The molecule has 0 bridgehead atoms.